The number of nitro benzene ring substituents is 1. The summed E-state index contributed by atoms with van der Waals surface area (Å²) in [5, 5.41) is 23.2. The molecule has 0 spiro atoms. The highest BCUT2D eigenvalue weighted by molar-refractivity contribution is 6.34. The number of carbonyl (C=O) groups is 1. The molecule has 0 radical (unpaired) electrons. The van der Waals surface area contributed by atoms with Gasteiger partial charge in [-0.25, -0.2) is 0 Å². The molecule has 0 aromatic heterocycles. The molecule has 1 heterocycles. The summed E-state index contributed by atoms with van der Waals surface area (Å²) in [5.41, 5.74) is -1.38. The molecular weight excluding hydrogens is 300 g/mol. The average Bonchev–Trinajstić information content (AvgIpc) is 2.47. The first kappa shape index (κ1) is 15.7. The Morgan fingerprint density at radius 3 is 2.71 bits per heavy atom. The Labute approximate surface area is 126 Å². The van der Waals surface area contributed by atoms with Crippen molar-refractivity contribution in [2.75, 3.05) is 19.8 Å². The number of carbonyl (C=O) groups excluding carboxylic acids is 1. The Bertz CT molecular complexity index is 557. The minimum absolute atomic E-state index is 0.00171. The molecule has 1 saturated heterocycles. The van der Waals surface area contributed by atoms with Gasteiger partial charge in [-0.2, -0.15) is 0 Å². The van der Waals surface area contributed by atoms with Crippen molar-refractivity contribution in [3.63, 3.8) is 0 Å². The first-order valence-corrected chi connectivity index (χ1v) is 6.81. The van der Waals surface area contributed by atoms with Crippen molar-refractivity contribution in [3.8, 4) is 0 Å². The summed E-state index contributed by atoms with van der Waals surface area (Å²) >= 11 is 5.92. The summed E-state index contributed by atoms with van der Waals surface area (Å²) in [6.07, 6.45) is 0.876. The van der Waals surface area contributed by atoms with E-state index in [-0.39, 0.29) is 22.9 Å². The van der Waals surface area contributed by atoms with Crippen LogP contribution >= 0.6 is 11.6 Å². The second-order valence-corrected chi connectivity index (χ2v) is 5.30. The molecule has 1 fully saturated rings. The smallest absolute Gasteiger partial charge is 0.283 e. The van der Waals surface area contributed by atoms with Gasteiger partial charge in [-0.05, 0) is 18.9 Å². The summed E-state index contributed by atoms with van der Waals surface area (Å²) in [4.78, 5) is 22.7. The van der Waals surface area contributed by atoms with Gasteiger partial charge in [0, 0.05) is 19.3 Å². The highest BCUT2D eigenvalue weighted by Gasteiger charge is 2.36. The first-order valence-electron chi connectivity index (χ1n) is 6.43. The number of nitro groups is 1. The second kappa shape index (κ2) is 6.38. The molecule has 0 aliphatic carbocycles. The van der Waals surface area contributed by atoms with Crippen molar-refractivity contribution in [2.24, 2.45) is 0 Å². The van der Waals surface area contributed by atoms with Crippen molar-refractivity contribution < 1.29 is 19.6 Å². The average molecular weight is 315 g/mol. The van der Waals surface area contributed by atoms with Crippen LogP contribution in [0, 0.1) is 10.1 Å². The molecule has 2 N–H and O–H groups in total. The number of hydrogen-bond acceptors (Lipinski definition) is 5. The molecule has 1 amide bonds. The zero-order valence-electron chi connectivity index (χ0n) is 11.2. The molecule has 8 heteroatoms. The van der Waals surface area contributed by atoms with E-state index in [0.29, 0.717) is 26.1 Å². The molecule has 1 aliphatic heterocycles. The van der Waals surface area contributed by atoms with E-state index in [1.165, 1.54) is 18.2 Å². The molecule has 0 atom stereocenters. The molecule has 114 valence electrons. The van der Waals surface area contributed by atoms with Crippen LogP contribution < -0.4 is 5.32 Å². The summed E-state index contributed by atoms with van der Waals surface area (Å²) < 4.78 is 5.20. The Morgan fingerprint density at radius 1 is 1.48 bits per heavy atom. The Morgan fingerprint density at radius 2 is 2.14 bits per heavy atom. The maximum Gasteiger partial charge on any atom is 0.283 e. The number of aliphatic hydroxyl groups is 1. The van der Waals surface area contributed by atoms with Crippen LogP contribution in [0.15, 0.2) is 18.2 Å². The molecule has 0 bridgehead atoms. The van der Waals surface area contributed by atoms with Crippen LogP contribution in [-0.4, -0.2) is 41.3 Å². The van der Waals surface area contributed by atoms with Gasteiger partial charge < -0.3 is 15.2 Å². The third-order valence-corrected chi connectivity index (χ3v) is 3.86. The number of amides is 1. The first-order chi connectivity index (χ1) is 9.99. The van der Waals surface area contributed by atoms with Crippen LogP contribution in [0.1, 0.15) is 23.2 Å². The summed E-state index contributed by atoms with van der Waals surface area (Å²) in [7, 11) is 0. The number of halogens is 1. The van der Waals surface area contributed by atoms with Gasteiger partial charge in [-0.15, -0.1) is 0 Å². The third kappa shape index (κ3) is 3.31. The van der Waals surface area contributed by atoms with Crippen molar-refractivity contribution >= 4 is 23.2 Å². The molecule has 1 aromatic rings. The van der Waals surface area contributed by atoms with E-state index in [1.54, 1.807) is 0 Å². The largest absolute Gasteiger partial charge is 0.394 e. The van der Waals surface area contributed by atoms with Crippen LogP contribution in [0.3, 0.4) is 0 Å². The van der Waals surface area contributed by atoms with E-state index in [0.717, 1.165) is 0 Å². The van der Waals surface area contributed by atoms with Gasteiger partial charge >= 0.3 is 0 Å². The lowest BCUT2D eigenvalue weighted by Crippen LogP contribution is -2.54. The molecule has 21 heavy (non-hydrogen) atoms. The standard InChI is InChI=1S/C13H15ClN2O5/c14-9-2-1-3-10(16(19)20)11(9)12(18)15-13(8-17)4-6-21-7-5-13/h1-3,17H,4-8H2,(H,15,18). The molecule has 1 aliphatic rings. The van der Waals surface area contributed by atoms with E-state index in [1.807, 2.05) is 0 Å². The van der Waals surface area contributed by atoms with Crippen LogP contribution in [0.5, 0.6) is 0 Å². The normalized spacial score (nSPS) is 17.2. The van der Waals surface area contributed by atoms with Crippen LogP contribution in [0.4, 0.5) is 5.69 Å². The highest BCUT2D eigenvalue weighted by atomic mass is 35.5. The lowest BCUT2D eigenvalue weighted by molar-refractivity contribution is -0.385. The van der Waals surface area contributed by atoms with Gasteiger partial charge in [0.2, 0.25) is 0 Å². The van der Waals surface area contributed by atoms with Gasteiger partial charge in [-0.1, -0.05) is 17.7 Å². The number of ether oxygens (including phenoxy) is 1. The fourth-order valence-electron chi connectivity index (χ4n) is 2.28. The van der Waals surface area contributed by atoms with E-state index < -0.39 is 16.4 Å². The zero-order chi connectivity index (χ0) is 15.5. The molecular formula is C13H15ClN2O5. The predicted molar refractivity (Wildman–Crippen MR) is 75.4 cm³/mol. The topological polar surface area (TPSA) is 102 Å². The van der Waals surface area contributed by atoms with Gasteiger partial charge in [0.15, 0.2) is 0 Å². The SMILES string of the molecule is O=C(NC1(CO)CCOCC1)c1c(Cl)cccc1[N+](=O)[O-]. The number of rotatable bonds is 4. The summed E-state index contributed by atoms with van der Waals surface area (Å²) in [6, 6.07) is 4.04. The minimum Gasteiger partial charge on any atom is -0.394 e. The molecule has 7 nitrogen and oxygen atoms in total. The molecule has 2 rings (SSSR count). The summed E-state index contributed by atoms with van der Waals surface area (Å²) in [5.74, 6) is -0.664. The third-order valence-electron chi connectivity index (χ3n) is 3.55. The lowest BCUT2D eigenvalue weighted by atomic mass is 9.90. The van der Waals surface area contributed by atoms with E-state index in [2.05, 4.69) is 5.32 Å². The van der Waals surface area contributed by atoms with E-state index >= 15 is 0 Å². The van der Waals surface area contributed by atoms with Crippen LogP contribution in [-0.2, 0) is 4.74 Å². The Hall–Kier alpha value is -1.70. The maximum absolute atomic E-state index is 12.4. The molecule has 0 unspecified atom stereocenters. The zero-order valence-corrected chi connectivity index (χ0v) is 11.9. The van der Waals surface area contributed by atoms with Crippen LogP contribution in [0.2, 0.25) is 5.02 Å². The van der Waals surface area contributed by atoms with Gasteiger partial charge in [0.05, 0.1) is 22.1 Å². The van der Waals surface area contributed by atoms with Gasteiger partial charge in [0.1, 0.15) is 5.56 Å². The monoisotopic (exact) mass is 314 g/mol. The number of benzene rings is 1. The van der Waals surface area contributed by atoms with Crippen molar-refractivity contribution in [1.82, 2.24) is 5.32 Å². The number of nitrogens with zero attached hydrogens (tertiary/aromatic N) is 1. The molecule has 0 saturated carbocycles. The fourth-order valence-corrected chi connectivity index (χ4v) is 2.53. The second-order valence-electron chi connectivity index (χ2n) is 4.90. The predicted octanol–water partition coefficient (Wildman–Crippen LogP) is 1.52. The number of hydrogen-bond donors (Lipinski definition) is 2. The lowest BCUT2D eigenvalue weighted by Gasteiger charge is -2.36. The number of aliphatic hydroxyl groups excluding tert-OH is 1. The quantitative estimate of drug-likeness (QED) is 0.648. The fraction of sp³-hybridized carbons (Fsp3) is 0.462. The minimum atomic E-state index is -0.831. The Balaban J connectivity index is 2.30. The summed E-state index contributed by atoms with van der Waals surface area (Å²) in [6.45, 7) is 0.553. The number of nitrogens with one attached hydrogen (secondary N) is 1. The highest BCUT2D eigenvalue weighted by Crippen LogP contribution is 2.28. The van der Waals surface area contributed by atoms with Gasteiger partial charge in [0.25, 0.3) is 11.6 Å². The van der Waals surface area contributed by atoms with Gasteiger partial charge in [-0.3, -0.25) is 14.9 Å². The van der Waals surface area contributed by atoms with E-state index in [9.17, 15) is 20.0 Å². The van der Waals surface area contributed by atoms with E-state index in [4.69, 9.17) is 16.3 Å². The van der Waals surface area contributed by atoms with Crippen molar-refractivity contribution in [1.29, 1.82) is 0 Å². The molecule has 1 aromatic carbocycles. The van der Waals surface area contributed by atoms with Crippen molar-refractivity contribution in [2.45, 2.75) is 18.4 Å². The Kier molecular flexibility index (Phi) is 4.76. The maximum atomic E-state index is 12.4. The van der Waals surface area contributed by atoms with Crippen molar-refractivity contribution in [3.05, 3.63) is 38.9 Å². The van der Waals surface area contributed by atoms with Crippen LogP contribution in [0.25, 0.3) is 0 Å².